The van der Waals surface area contributed by atoms with E-state index in [9.17, 15) is 9.59 Å². The molecule has 0 radical (unpaired) electrons. The topological polar surface area (TPSA) is 58.6 Å². The predicted molar refractivity (Wildman–Crippen MR) is 121 cm³/mol. The highest BCUT2D eigenvalue weighted by Crippen LogP contribution is 2.24. The minimum Gasteiger partial charge on any atom is -0.484 e. The van der Waals surface area contributed by atoms with Crippen molar-refractivity contribution in [3.05, 3.63) is 63.1 Å². The summed E-state index contributed by atoms with van der Waals surface area (Å²) in [5.74, 6) is 0.110. The molecule has 0 saturated heterocycles. The van der Waals surface area contributed by atoms with Gasteiger partial charge in [-0.25, -0.2) is 0 Å². The van der Waals surface area contributed by atoms with Crippen molar-refractivity contribution in [2.24, 2.45) is 0 Å². The molecule has 7 heteroatoms. The van der Waals surface area contributed by atoms with Crippen LogP contribution in [-0.4, -0.2) is 35.9 Å². The Bertz CT molecular complexity index is 902. The number of hydrogen-bond acceptors (Lipinski definition) is 3. The molecular weight excluding hydrogens is 423 g/mol. The fourth-order valence-electron chi connectivity index (χ4n) is 2.84. The number of aryl methyl sites for hydroxylation is 2. The predicted octanol–water partition coefficient (Wildman–Crippen LogP) is 4.93. The number of ether oxygens (including phenoxy) is 1. The Hall–Kier alpha value is -2.24. The van der Waals surface area contributed by atoms with Gasteiger partial charge >= 0.3 is 0 Å². The summed E-state index contributed by atoms with van der Waals surface area (Å²) >= 11 is 12.1. The van der Waals surface area contributed by atoms with Crippen molar-refractivity contribution < 1.29 is 14.3 Å². The Morgan fingerprint density at radius 1 is 1.07 bits per heavy atom. The van der Waals surface area contributed by atoms with Gasteiger partial charge in [-0.2, -0.15) is 0 Å². The van der Waals surface area contributed by atoms with Gasteiger partial charge in [0.2, 0.25) is 5.91 Å². The molecule has 0 heterocycles. The third kappa shape index (κ3) is 6.64. The van der Waals surface area contributed by atoms with Crippen molar-refractivity contribution in [3.8, 4) is 5.75 Å². The maximum atomic E-state index is 13.0. The second kappa shape index (κ2) is 11.2. The molecule has 0 bridgehead atoms. The second-order valence-electron chi connectivity index (χ2n) is 7.27. The van der Waals surface area contributed by atoms with Crippen LogP contribution >= 0.6 is 23.2 Å². The number of carbonyl (C=O) groups excluding carboxylic acids is 2. The van der Waals surface area contributed by atoms with Gasteiger partial charge in [-0.05, 0) is 68.1 Å². The first-order chi connectivity index (χ1) is 14.2. The lowest BCUT2D eigenvalue weighted by Gasteiger charge is -2.29. The molecule has 0 spiro atoms. The van der Waals surface area contributed by atoms with Gasteiger partial charge in [0.25, 0.3) is 5.91 Å². The molecule has 0 aromatic heterocycles. The fraction of sp³-hybridized carbons (Fsp3) is 0.391. The number of nitrogens with zero attached hydrogens (tertiary/aromatic N) is 1. The lowest BCUT2D eigenvalue weighted by atomic mass is 10.1. The number of benzene rings is 2. The normalized spacial score (nSPS) is 11.7. The highest BCUT2D eigenvalue weighted by Gasteiger charge is 2.26. The minimum atomic E-state index is -0.665. The molecule has 2 amide bonds. The van der Waals surface area contributed by atoms with E-state index in [1.54, 1.807) is 25.1 Å². The summed E-state index contributed by atoms with van der Waals surface area (Å²) in [6.45, 7) is 8.27. The first-order valence-corrected chi connectivity index (χ1v) is 10.7. The average Bonchev–Trinajstić information content (AvgIpc) is 2.72. The second-order valence-corrected chi connectivity index (χ2v) is 8.09. The summed E-state index contributed by atoms with van der Waals surface area (Å²) in [7, 11) is 0. The Balaban J connectivity index is 2.17. The van der Waals surface area contributed by atoms with E-state index in [2.05, 4.69) is 5.32 Å². The van der Waals surface area contributed by atoms with E-state index >= 15 is 0 Å². The van der Waals surface area contributed by atoms with Crippen molar-refractivity contribution in [2.75, 3.05) is 13.2 Å². The van der Waals surface area contributed by atoms with Crippen LogP contribution in [0.5, 0.6) is 5.75 Å². The number of halogens is 2. The van der Waals surface area contributed by atoms with Gasteiger partial charge in [-0.15, -0.1) is 0 Å². The van der Waals surface area contributed by atoms with E-state index in [-0.39, 0.29) is 25.0 Å². The van der Waals surface area contributed by atoms with Crippen molar-refractivity contribution in [2.45, 2.75) is 46.7 Å². The molecule has 2 aromatic rings. The van der Waals surface area contributed by atoms with Crippen LogP contribution in [0.4, 0.5) is 0 Å². The highest BCUT2D eigenvalue weighted by atomic mass is 35.5. The third-order valence-electron chi connectivity index (χ3n) is 4.89. The summed E-state index contributed by atoms with van der Waals surface area (Å²) in [5.41, 5.74) is 3.01. The number of hydrogen-bond donors (Lipinski definition) is 1. The molecule has 30 heavy (non-hydrogen) atoms. The molecule has 1 atom stereocenters. The zero-order chi connectivity index (χ0) is 22.3. The minimum absolute atomic E-state index is 0.171. The maximum Gasteiger partial charge on any atom is 0.261 e. The number of amides is 2. The van der Waals surface area contributed by atoms with Crippen molar-refractivity contribution >= 4 is 35.0 Å². The summed E-state index contributed by atoms with van der Waals surface area (Å²) < 4.78 is 5.71. The van der Waals surface area contributed by atoms with E-state index in [0.717, 1.165) is 23.1 Å². The Labute approximate surface area is 188 Å². The quantitative estimate of drug-likeness (QED) is 0.588. The van der Waals surface area contributed by atoms with Gasteiger partial charge in [0.15, 0.2) is 6.61 Å². The van der Waals surface area contributed by atoms with Crippen molar-refractivity contribution in [1.29, 1.82) is 0 Å². The van der Waals surface area contributed by atoms with Crippen LogP contribution in [0.2, 0.25) is 10.0 Å². The first-order valence-electron chi connectivity index (χ1n) is 9.94. The zero-order valence-corrected chi connectivity index (χ0v) is 19.3. The molecule has 2 aromatic carbocycles. The molecule has 0 saturated carbocycles. The summed E-state index contributed by atoms with van der Waals surface area (Å²) in [5, 5.41) is 3.67. The van der Waals surface area contributed by atoms with E-state index in [0.29, 0.717) is 22.3 Å². The number of nitrogens with one attached hydrogen (secondary N) is 1. The van der Waals surface area contributed by atoms with E-state index in [1.807, 2.05) is 39.0 Å². The molecule has 0 aliphatic heterocycles. The SMILES string of the molecule is CCCNC(=O)[C@H](C)N(Cc1ccc(Cl)c(Cl)c1)C(=O)COc1ccc(C)c(C)c1. The Morgan fingerprint density at radius 3 is 2.43 bits per heavy atom. The third-order valence-corrected chi connectivity index (χ3v) is 5.63. The summed E-state index contributed by atoms with van der Waals surface area (Å²) in [6.07, 6.45) is 0.815. The van der Waals surface area contributed by atoms with Crippen molar-refractivity contribution in [3.63, 3.8) is 0 Å². The van der Waals surface area contributed by atoms with Crippen LogP contribution < -0.4 is 10.1 Å². The molecule has 0 unspecified atom stereocenters. The smallest absolute Gasteiger partial charge is 0.261 e. The Morgan fingerprint density at radius 2 is 1.80 bits per heavy atom. The summed E-state index contributed by atoms with van der Waals surface area (Å²) in [6, 6.07) is 10.2. The molecule has 0 aliphatic rings. The molecule has 1 N–H and O–H groups in total. The van der Waals surface area contributed by atoms with Crippen LogP contribution in [0.25, 0.3) is 0 Å². The molecule has 5 nitrogen and oxygen atoms in total. The van der Waals surface area contributed by atoms with Gasteiger partial charge in [-0.1, -0.05) is 42.3 Å². The summed E-state index contributed by atoms with van der Waals surface area (Å²) in [4.78, 5) is 27.0. The lowest BCUT2D eigenvalue weighted by Crippen LogP contribution is -2.49. The van der Waals surface area contributed by atoms with Gasteiger partial charge < -0.3 is 15.0 Å². The van der Waals surface area contributed by atoms with Gasteiger partial charge in [0.1, 0.15) is 11.8 Å². The average molecular weight is 451 g/mol. The fourth-order valence-corrected chi connectivity index (χ4v) is 3.17. The van der Waals surface area contributed by atoms with Crippen LogP contribution in [0.3, 0.4) is 0 Å². The monoisotopic (exact) mass is 450 g/mol. The Kier molecular flexibility index (Phi) is 9.00. The number of rotatable bonds is 9. The molecule has 0 fully saturated rings. The molecule has 162 valence electrons. The van der Waals surface area contributed by atoms with Crippen LogP contribution in [0.15, 0.2) is 36.4 Å². The maximum absolute atomic E-state index is 13.0. The first kappa shape index (κ1) is 24.0. The van der Waals surface area contributed by atoms with Crippen molar-refractivity contribution in [1.82, 2.24) is 10.2 Å². The van der Waals surface area contributed by atoms with E-state index in [1.165, 1.54) is 4.90 Å². The molecular formula is C23H28Cl2N2O3. The van der Waals surface area contributed by atoms with E-state index in [4.69, 9.17) is 27.9 Å². The van der Waals surface area contributed by atoms with Crippen LogP contribution in [-0.2, 0) is 16.1 Å². The zero-order valence-electron chi connectivity index (χ0n) is 17.8. The highest BCUT2D eigenvalue weighted by molar-refractivity contribution is 6.42. The van der Waals surface area contributed by atoms with E-state index < -0.39 is 6.04 Å². The molecule has 0 aliphatic carbocycles. The van der Waals surface area contributed by atoms with Gasteiger partial charge in [0.05, 0.1) is 10.0 Å². The van der Waals surface area contributed by atoms with Gasteiger partial charge in [0, 0.05) is 13.1 Å². The number of carbonyl (C=O) groups is 2. The van der Waals surface area contributed by atoms with Crippen LogP contribution in [0.1, 0.15) is 37.0 Å². The standard InChI is InChI=1S/C23H28Cl2N2O3/c1-5-10-26-23(29)17(4)27(13-18-7-9-20(24)21(25)12-18)22(28)14-30-19-8-6-15(2)16(3)11-19/h6-9,11-12,17H,5,10,13-14H2,1-4H3,(H,26,29)/t17-/m0/s1. The van der Waals surface area contributed by atoms with Gasteiger partial charge in [-0.3, -0.25) is 9.59 Å². The molecule has 2 rings (SSSR count). The largest absolute Gasteiger partial charge is 0.484 e. The van der Waals surface area contributed by atoms with Crippen LogP contribution in [0, 0.1) is 13.8 Å². The lowest BCUT2D eigenvalue weighted by molar-refractivity contribution is -0.142.